The standard InChI is InChI=1S/C19H19ClN2O2S/c1-3-12(2)13-8-9-15-17(10-13)25-19(21-15)22-18(23)11-24-16-7-5-4-6-14(16)20/h4-10,12H,3,11H2,1-2H3,(H,21,22,23). The summed E-state index contributed by atoms with van der Waals surface area (Å²) in [4.78, 5) is 16.5. The summed E-state index contributed by atoms with van der Waals surface area (Å²) in [6.45, 7) is 4.26. The van der Waals surface area contributed by atoms with Crippen molar-refractivity contribution in [2.24, 2.45) is 0 Å². The third-order valence-electron chi connectivity index (χ3n) is 4.04. The Balaban J connectivity index is 1.66. The van der Waals surface area contributed by atoms with Crippen LogP contribution in [-0.2, 0) is 4.79 Å². The van der Waals surface area contributed by atoms with E-state index in [-0.39, 0.29) is 12.5 Å². The number of hydrogen-bond donors (Lipinski definition) is 1. The molecule has 0 aliphatic heterocycles. The van der Waals surface area contributed by atoms with Crippen LogP contribution in [0, 0.1) is 0 Å². The van der Waals surface area contributed by atoms with E-state index in [1.807, 2.05) is 18.2 Å². The summed E-state index contributed by atoms with van der Waals surface area (Å²) in [5, 5.41) is 3.84. The van der Waals surface area contributed by atoms with E-state index in [9.17, 15) is 4.79 Å². The number of rotatable bonds is 6. The minimum absolute atomic E-state index is 0.113. The van der Waals surface area contributed by atoms with Crippen LogP contribution in [0.4, 0.5) is 5.13 Å². The number of benzene rings is 2. The van der Waals surface area contributed by atoms with Crippen molar-refractivity contribution in [3.63, 3.8) is 0 Å². The minimum atomic E-state index is -0.263. The first kappa shape index (κ1) is 17.7. The van der Waals surface area contributed by atoms with Crippen molar-refractivity contribution in [2.45, 2.75) is 26.2 Å². The molecule has 130 valence electrons. The summed E-state index contributed by atoms with van der Waals surface area (Å²) in [5.74, 6) is 0.733. The molecule has 4 nitrogen and oxygen atoms in total. The first-order valence-corrected chi connectivity index (χ1v) is 9.34. The van der Waals surface area contributed by atoms with E-state index in [1.54, 1.807) is 12.1 Å². The molecule has 6 heteroatoms. The van der Waals surface area contributed by atoms with Crippen molar-refractivity contribution >= 4 is 44.2 Å². The Bertz CT molecular complexity index is 894. The second-order valence-corrected chi connectivity index (χ2v) is 7.26. The topological polar surface area (TPSA) is 51.2 Å². The predicted octanol–water partition coefficient (Wildman–Crippen LogP) is 5.48. The zero-order valence-corrected chi connectivity index (χ0v) is 15.7. The van der Waals surface area contributed by atoms with E-state index in [0.29, 0.717) is 21.8 Å². The highest BCUT2D eigenvalue weighted by atomic mass is 35.5. The van der Waals surface area contributed by atoms with Gasteiger partial charge in [-0.3, -0.25) is 10.1 Å². The van der Waals surface area contributed by atoms with Crippen molar-refractivity contribution < 1.29 is 9.53 Å². The van der Waals surface area contributed by atoms with Crippen LogP contribution in [0.15, 0.2) is 42.5 Å². The number of halogens is 1. The van der Waals surface area contributed by atoms with Crippen LogP contribution in [0.2, 0.25) is 5.02 Å². The molecule has 1 amide bonds. The van der Waals surface area contributed by atoms with Gasteiger partial charge in [0.25, 0.3) is 5.91 Å². The molecule has 0 spiro atoms. The van der Waals surface area contributed by atoms with Gasteiger partial charge >= 0.3 is 0 Å². The van der Waals surface area contributed by atoms with Crippen molar-refractivity contribution in [3.05, 3.63) is 53.1 Å². The Labute approximate surface area is 155 Å². The smallest absolute Gasteiger partial charge is 0.264 e. The van der Waals surface area contributed by atoms with Crippen LogP contribution < -0.4 is 10.1 Å². The lowest BCUT2D eigenvalue weighted by atomic mass is 9.99. The molecule has 3 rings (SSSR count). The molecule has 0 fully saturated rings. The van der Waals surface area contributed by atoms with Crippen LogP contribution in [-0.4, -0.2) is 17.5 Å². The molecule has 1 aromatic heterocycles. The molecule has 1 N–H and O–H groups in total. The zero-order valence-electron chi connectivity index (χ0n) is 14.1. The van der Waals surface area contributed by atoms with Gasteiger partial charge in [0.1, 0.15) is 5.75 Å². The lowest BCUT2D eigenvalue weighted by Crippen LogP contribution is -2.20. The Morgan fingerprint density at radius 1 is 1.32 bits per heavy atom. The van der Waals surface area contributed by atoms with Crippen LogP contribution in [0.5, 0.6) is 5.75 Å². The van der Waals surface area contributed by atoms with Crippen molar-refractivity contribution in [1.29, 1.82) is 0 Å². The number of aromatic nitrogens is 1. The zero-order chi connectivity index (χ0) is 17.8. The van der Waals surface area contributed by atoms with E-state index in [2.05, 4.69) is 36.3 Å². The number of fused-ring (bicyclic) bond motifs is 1. The van der Waals surface area contributed by atoms with Crippen LogP contribution in [0.3, 0.4) is 0 Å². The van der Waals surface area contributed by atoms with Crippen LogP contribution in [0.25, 0.3) is 10.2 Å². The number of hydrogen-bond acceptors (Lipinski definition) is 4. The first-order chi connectivity index (χ1) is 12.1. The third-order valence-corrected chi connectivity index (χ3v) is 5.28. The molecule has 2 aromatic carbocycles. The Morgan fingerprint density at radius 3 is 2.88 bits per heavy atom. The van der Waals surface area contributed by atoms with Gasteiger partial charge in [0.15, 0.2) is 11.7 Å². The molecule has 0 saturated carbocycles. The van der Waals surface area contributed by atoms with Gasteiger partial charge in [-0.05, 0) is 42.2 Å². The molecule has 3 aromatic rings. The maximum absolute atomic E-state index is 12.1. The van der Waals surface area contributed by atoms with Gasteiger partial charge in [-0.2, -0.15) is 0 Å². The van der Waals surface area contributed by atoms with Crippen molar-refractivity contribution in [2.75, 3.05) is 11.9 Å². The number of carbonyl (C=O) groups is 1. The summed E-state index contributed by atoms with van der Waals surface area (Å²) in [6, 6.07) is 13.3. The van der Waals surface area contributed by atoms with Gasteiger partial charge in [0.2, 0.25) is 0 Å². The second kappa shape index (κ2) is 7.85. The van der Waals surface area contributed by atoms with E-state index in [0.717, 1.165) is 16.6 Å². The SMILES string of the molecule is CCC(C)c1ccc2nc(NC(=O)COc3ccccc3Cl)sc2c1. The number of ether oxygens (including phenoxy) is 1. The highest BCUT2D eigenvalue weighted by Crippen LogP contribution is 2.30. The van der Waals surface area contributed by atoms with E-state index < -0.39 is 0 Å². The summed E-state index contributed by atoms with van der Waals surface area (Å²) in [5.41, 5.74) is 2.18. The Kier molecular flexibility index (Phi) is 5.56. The van der Waals surface area contributed by atoms with Gasteiger partial charge < -0.3 is 4.74 Å². The number of nitrogens with zero attached hydrogens (tertiary/aromatic N) is 1. The maximum atomic E-state index is 12.1. The molecule has 0 aliphatic rings. The van der Waals surface area contributed by atoms with Crippen molar-refractivity contribution in [3.8, 4) is 5.75 Å². The summed E-state index contributed by atoms with van der Waals surface area (Å²) < 4.78 is 6.51. The highest BCUT2D eigenvalue weighted by Gasteiger charge is 2.11. The molecular weight excluding hydrogens is 356 g/mol. The first-order valence-electron chi connectivity index (χ1n) is 8.14. The maximum Gasteiger partial charge on any atom is 0.264 e. The summed E-state index contributed by atoms with van der Waals surface area (Å²) >= 11 is 7.47. The predicted molar refractivity (Wildman–Crippen MR) is 104 cm³/mol. The van der Waals surface area contributed by atoms with Gasteiger partial charge in [-0.15, -0.1) is 0 Å². The normalized spacial score (nSPS) is 12.1. The average molecular weight is 375 g/mol. The monoisotopic (exact) mass is 374 g/mol. The number of anilines is 1. The highest BCUT2D eigenvalue weighted by molar-refractivity contribution is 7.22. The quantitative estimate of drug-likeness (QED) is 0.621. The summed E-state index contributed by atoms with van der Waals surface area (Å²) in [7, 11) is 0. The Morgan fingerprint density at radius 2 is 2.12 bits per heavy atom. The fourth-order valence-corrected chi connectivity index (χ4v) is 3.52. The van der Waals surface area contributed by atoms with Crippen LogP contribution >= 0.6 is 22.9 Å². The number of amides is 1. The largest absolute Gasteiger partial charge is 0.482 e. The van der Waals surface area contributed by atoms with Gasteiger partial charge in [-0.25, -0.2) is 4.98 Å². The number of thiazole rings is 1. The average Bonchev–Trinajstić information content (AvgIpc) is 3.01. The van der Waals surface area contributed by atoms with Crippen LogP contribution in [0.1, 0.15) is 31.7 Å². The van der Waals surface area contributed by atoms with E-state index in [1.165, 1.54) is 16.9 Å². The lowest BCUT2D eigenvalue weighted by molar-refractivity contribution is -0.118. The molecule has 1 unspecified atom stereocenters. The van der Waals surface area contributed by atoms with Gasteiger partial charge in [0.05, 0.1) is 15.2 Å². The number of carbonyl (C=O) groups excluding carboxylic acids is 1. The number of para-hydroxylation sites is 1. The molecule has 1 atom stereocenters. The number of nitrogens with one attached hydrogen (secondary N) is 1. The second-order valence-electron chi connectivity index (χ2n) is 5.82. The molecule has 0 saturated heterocycles. The third kappa shape index (κ3) is 4.30. The minimum Gasteiger partial charge on any atom is -0.482 e. The van der Waals surface area contributed by atoms with E-state index in [4.69, 9.17) is 16.3 Å². The fourth-order valence-electron chi connectivity index (χ4n) is 2.40. The molecule has 0 bridgehead atoms. The van der Waals surface area contributed by atoms with Gasteiger partial charge in [0, 0.05) is 0 Å². The Hall–Kier alpha value is -2.11. The summed E-state index contributed by atoms with van der Waals surface area (Å²) in [6.07, 6.45) is 1.09. The molecular formula is C19H19ClN2O2S. The fraction of sp³-hybridized carbons (Fsp3) is 0.263. The lowest BCUT2D eigenvalue weighted by Gasteiger charge is -2.07. The molecule has 25 heavy (non-hydrogen) atoms. The molecule has 0 aliphatic carbocycles. The van der Waals surface area contributed by atoms with Crippen molar-refractivity contribution in [1.82, 2.24) is 4.98 Å². The van der Waals surface area contributed by atoms with E-state index >= 15 is 0 Å². The molecule has 1 heterocycles. The molecule has 0 radical (unpaired) electrons. The van der Waals surface area contributed by atoms with Gasteiger partial charge in [-0.1, -0.05) is 55.0 Å².